The first-order chi connectivity index (χ1) is 9.40. The maximum atomic E-state index is 12.7. The lowest BCUT2D eigenvalue weighted by Crippen LogP contribution is -2.39. The molecule has 0 spiro atoms. The number of aromatic nitrogens is 2. The Kier molecular flexibility index (Phi) is 4.26. The van der Waals surface area contributed by atoms with Gasteiger partial charge in [0.15, 0.2) is 5.69 Å². The molecule has 20 heavy (non-hydrogen) atoms. The van der Waals surface area contributed by atoms with Crippen LogP contribution in [0.5, 0.6) is 0 Å². The lowest BCUT2D eigenvalue weighted by molar-refractivity contribution is 0.0690. The summed E-state index contributed by atoms with van der Waals surface area (Å²) in [4.78, 5) is 23.1. The van der Waals surface area contributed by atoms with Gasteiger partial charge in [-0.1, -0.05) is 13.8 Å². The van der Waals surface area contributed by atoms with Crippen LogP contribution in [-0.4, -0.2) is 33.4 Å². The Bertz CT molecular complexity index is 495. The van der Waals surface area contributed by atoms with E-state index >= 15 is 0 Å². The Labute approximate surface area is 120 Å². The smallest absolute Gasteiger partial charge is 0.274 e. The zero-order chi connectivity index (χ0) is 14.9. The highest BCUT2D eigenvalue weighted by molar-refractivity contribution is 5.97. The molecule has 1 saturated carbocycles. The summed E-state index contributed by atoms with van der Waals surface area (Å²) < 4.78 is 0. The van der Waals surface area contributed by atoms with Crippen molar-refractivity contribution >= 4 is 11.6 Å². The Balaban J connectivity index is 2.27. The second-order valence-electron chi connectivity index (χ2n) is 6.18. The first kappa shape index (κ1) is 14.8. The van der Waals surface area contributed by atoms with Gasteiger partial charge in [0.25, 0.3) is 5.91 Å². The third kappa shape index (κ3) is 3.26. The molecule has 0 radical (unpaired) electrons. The summed E-state index contributed by atoms with van der Waals surface area (Å²) in [5.74, 6) is 1.42. The Morgan fingerprint density at radius 3 is 2.55 bits per heavy atom. The van der Waals surface area contributed by atoms with E-state index in [1.807, 2.05) is 32.6 Å². The van der Waals surface area contributed by atoms with Crippen molar-refractivity contribution < 1.29 is 4.79 Å². The first-order valence-electron chi connectivity index (χ1n) is 7.33. The number of rotatable bonds is 5. The van der Waals surface area contributed by atoms with E-state index in [1.165, 1.54) is 12.8 Å². The minimum atomic E-state index is -0.0753. The van der Waals surface area contributed by atoms with Gasteiger partial charge >= 0.3 is 0 Å². The number of hydrogen-bond acceptors (Lipinski definition) is 4. The molecular formula is C15H24N4O. The highest BCUT2D eigenvalue weighted by Gasteiger charge is 2.30. The lowest BCUT2D eigenvalue weighted by Gasteiger charge is -2.27. The molecule has 110 valence electrons. The van der Waals surface area contributed by atoms with Crippen LogP contribution in [0.2, 0.25) is 0 Å². The number of carbonyl (C=O) groups excluding carboxylic acids is 1. The minimum absolute atomic E-state index is 0.0753. The quantitative estimate of drug-likeness (QED) is 0.896. The van der Waals surface area contributed by atoms with E-state index in [1.54, 1.807) is 6.20 Å². The van der Waals surface area contributed by atoms with Gasteiger partial charge in [-0.15, -0.1) is 0 Å². The maximum absolute atomic E-state index is 12.7. The summed E-state index contributed by atoms with van der Waals surface area (Å²) in [5, 5.41) is 0. The summed E-state index contributed by atoms with van der Waals surface area (Å²) in [5.41, 5.74) is 6.61. The van der Waals surface area contributed by atoms with E-state index in [-0.39, 0.29) is 17.9 Å². The molecule has 1 amide bonds. The van der Waals surface area contributed by atoms with Crippen molar-refractivity contribution in [1.82, 2.24) is 14.9 Å². The van der Waals surface area contributed by atoms with Crippen LogP contribution in [0.25, 0.3) is 0 Å². The predicted molar refractivity (Wildman–Crippen MR) is 79.4 cm³/mol. The van der Waals surface area contributed by atoms with Crippen molar-refractivity contribution in [2.24, 2.45) is 5.92 Å². The fourth-order valence-electron chi connectivity index (χ4n) is 2.10. The number of amides is 1. The van der Waals surface area contributed by atoms with E-state index in [0.29, 0.717) is 23.1 Å². The fourth-order valence-corrected chi connectivity index (χ4v) is 2.10. The molecule has 0 unspecified atom stereocenters. The molecule has 1 heterocycles. The van der Waals surface area contributed by atoms with Crippen LogP contribution < -0.4 is 5.73 Å². The molecule has 1 aliphatic rings. The minimum Gasteiger partial charge on any atom is -0.396 e. The van der Waals surface area contributed by atoms with E-state index in [9.17, 15) is 4.79 Å². The molecule has 0 aromatic carbocycles. The normalized spacial score (nSPS) is 14.9. The van der Waals surface area contributed by atoms with Crippen molar-refractivity contribution in [3.63, 3.8) is 0 Å². The van der Waals surface area contributed by atoms with Crippen molar-refractivity contribution in [3.05, 3.63) is 17.7 Å². The summed E-state index contributed by atoms with van der Waals surface area (Å²) in [6.45, 7) is 8.87. The van der Waals surface area contributed by atoms with Gasteiger partial charge in [0, 0.05) is 18.5 Å². The largest absolute Gasteiger partial charge is 0.396 e. The predicted octanol–water partition coefficient (Wildman–Crippen LogP) is 2.44. The Hall–Kier alpha value is -1.65. The number of carbonyl (C=O) groups is 1. The van der Waals surface area contributed by atoms with Crippen LogP contribution in [-0.2, 0) is 0 Å². The third-order valence-electron chi connectivity index (χ3n) is 3.59. The standard InChI is InChI=1S/C15H24N4O/c1-9(2)14-17-7-12(16)13(18-14)15(20)19(10(3)4)8-11-5-6-11/h7,9-11H,5-6,8,16H2,1-4H3. The second-order valence-corrected chi connectivity index (χ2v) is 6.18. The number of hydrogen-bond donors (Lipinski definition) is 1. The Morgan fingerprint density at radius 1 is 1.40 bits per heavy atom. The van der Waals surface area contributed by atoms with Crippen LogP contribution in [0.4, 0.5) is 5.69 Å². The summed E-state index contributed by atoms with van der Waals surface area (Å²) in [7, 11) is 0. The zero-order valence-electron chi connectivity index (χ0n) is 12.8. The Morgan fingerprint density at radius 2 is 2.05 bits per heavy atom. The van der Waals surface area contributed by atoms with E-state index < -0.39 is 0 Å². The van der Waals surface area contributed by atoms with Gasteiger partial charge in [-0.2, -0.15) is 0 Å². The van der Waals surface area contributed by atoms with Gasteiger partial charge in [0.2, 0.25) is 0 Å². The van der Waals surface area contributed by atoms with Crippen molar-refractivity contribution in [2.45, 2.75) is 52.5 Å². The molecule has 2 N–H and O–H groups in total. The topological polar surface area (TPSA) is 72.1 Å². The maximum Gasteiger partial charge on any atom is 0.274 e. The molecule has 2 rings (SSSR count). The van der Waals surface area contributed by atoms with Gasteiger partial charge < -0.3 is 10.6 Å². The fraction of sp³-hybridized carbons (Fsp3) is 0.667. The first-order valence-corrected chi connectivity index (χ1v) is 7.33. The van der Waals surface area contributed by atoms with Crippen molar-refractivity contribution in [1.29, 1.82) is 0 Å². The van der Waals surface area contributed by atoms with Gasteiger partial charge in [0.05, 0.1) is 11.9 Å². The second kappa shape index (κ2) is 5.77. The van der Waals surface area contributed by atoms with E-state index in [2.05, 4.69) is 9.97 Å². The zero-order valence-corrected chi connectivity index (χ0v) is 12.8. The monoisotopic (exact) mass is 276 g/mol. The summed E-state index contributed by atoms with van der Waals surface area (Å²) >= 11 is 0. The number of nitrogen functional groups attached to an aromatic ring is 1. The SMILES string of the molecule is CC(C)c1ncc(N)c(C(=O)N(CC2CC2)C(C)C)n1. The number of nitrogens with two attached hydrogens (primary N) is 1. The van der Waals surface area contributed by atoms with Crippen LogP contribution in [0.1, 0.15) is 62.8 Å². The highest BCUT2D eigenvalue weighted by atomic mass is 16.2. The molecule has 1 aliphatic carbocycles. The van der Waals surface area contributed by atoms with Gasteiger partial charge in [-0.25, -0.2) is 9.97 Å². The van der Waals surface area contributed by atoms with E-state index in [0.717, 1.165) is 6.54 Å². The van der Waals surface area contributed by atoms with Gasteiger partial charge in [-0.3, -0.25) is 4.79 Å². The van der Waals surface area contributed by atoms with Crippen LogP contribution >= 0.6 is 0 Å². The average Bonchev–Trinajstić information content (AvgIpc) is 3.19. The van der Waals surface area contributed by atoms with Crippen LogP contribution in [0.15, 0.2) is 6.20 Å². The molecule has 0 saturated heterocycles. The molecule has 1 aromatic heterocycles. The number of anilines is 1. The molecule has 5 nitrogen and oxygen atoms in total. The van der Waals surface area contributed by atoms with Crippen molar-refractivity contribution in [2.75, 3.05) is 12.3 Å². The van der Waals surface area contributed by atoms with Gasteiger partial charge in [-0.05, 0) is 32.6 Å². The molecule has 0 aliphatic heterocycles. The highest BCUT2D eigenvalue weighted by Crippen LogP contribution is 2.31. The number of nitrogens with zero attached hydrogens (tertiary/aromatic N) is 3. The molecule has 0 bridgehead atoms. The molecule has 1 aromatic rings. The molecule has 1 fully saturated rings. The van der Waals surface area contributed by atoms with E-state index in [4.69, 9.17) is 5.73 Å². The third-order valence-corrected chi connectivity index (χ3v) is 3.59. The summed E-state index contributed by atoms with van der Waals surface area (Å²) in [6, 6.07) is 0.153. The summed E-state index contributed by atoms with van der Waals surface area (Å²) in [6.07, 6.45) is 3.98. The van der Waals surface area contributed by atoms with Gasteiger partial charge in [0.1, 0.15) is 5.82 Å². The molecular weight excluding hydrogens is 252 g/mol. The van der Waals surface area contributed by atoms with Crippen LogP contribution in [0.3, 0.4) is 0 Å². The van der Waals surface area contributed by atoms with Crippen LogP contribution in [0, 0.1) is 5.92 Å². The molecule has 5 heteroatoms. The average molecular weight is 276 g/mol. The van der Waals surface area contributed by atoms with Crippen molar-refractivity contribution in [3.8, 4) is 0 Å². The molecule has 0 atom stereocenters. The lowest BCUT2D eigenvalue weighted by atomic mass is 10.2.